The van der Waals surface area contributed by atoms with Crippen molar-refractivity contribution >= 4 is 17.6 Å². The molecule has 0 unspecified atom stereocenters. The zero-order valence-electron chi connectivity index (χ0n) is 13.8. The molecule has 0 spiro atoms. The Morgan fingerprint density at radius 3 is 2.57 bits per heavy atom. The van der Waals surface area contributed by atoms with E-state index in [1.165, 1.54) is 7.11 Å². The van der Waals surface area contributed by atoms with Crippen LogP contribution in [0.25, 0.3) is 0 Å². The first-order valence-electron chi connectivity index (χ1n) is 7.48. The Bertz CT molecular complexity index is 554. The van der Waals surface area contributed by atoms with Gasteiger partial charge in [-0.2, -0.15) is 0 Å². The van der Waals surface area contributed by atoms with Crippen molar-refractivity contribution in [2.24, 2.45) is 0 Å². The van der Waals surface area contributed by atoms with Gasteiger partial charge in [-0.25, -0.2) is 4.79 Å². The summed E-state index contributed by atoms with van der Waals surface area (Å²) in [5, 5.41) is 2.63. The maximum Gasteiger partial charge on any atom is 0.330 e. The second-order valence-electron chi connectivity index (χ2n) is 4.76. The maximum absolute atomic E-state index is 11.8. The number of carbonyl (C=O) groups is 2. The van der Waals surface area contributed by atoms with E-state index < -0.39 is 11.9 Å². The SMILES string of the molecule is CCCCCOC(=O)/C=C/C(=O)Nc1ccc(OC)cc1OC. The molecule has 0 aromatic heterocycles. The van der Waals surface area contributed by atoms with Gasteiger partial charge < -0.3 is 19.5 Å². The van der Waals surface area contributed by atoms with Crippen LogP contribution in [0.2, 0.25) is 0 Å². The highest BCUT2D eigenvalue weighted by Crippen LogP contribution is 2.28. The molecule has 0 aliphatic carbocycles. The number of benzene rings is 1. The molecule has 1 N–H and O–H groups in total. The van der Waals surface area contributed by atoms with Gasteiger partial charge in [0, 0.05) is 18.2 Å². The lowest BCUT2D eigenvalue weighted by atomic mass is 10.2. The quantitative estimate of drug-likeness (QED) is 0.430. The topological polar surface area (TPSA) is 73.9 Å². The fourth-order valence-electron chi connectivity index (χ4n) is 1.79. The number of unbranched alkanes of at least 4 members (excludes halogenated alkanes) is 2. The first-order chi connectivity index (χ1) is 11.1. The molecule has 1 aromatic rings. The predicted octanol–water partition coefficient (Wildman–Crippen LogP) is 2.93. The monoisotopic (exact) mass is 321 g/mol. The molecule has 0 aliphatic rings. The van der Waals surface area contributed by atoms with Crippen LogP contribution in [0.5, 0.6) is 11.5 Å². The fraction of sp³-hybridized carbons (Fsp3) is 0.412. The van der Waals surface area contributed by atoms with Gasteiger partial charge in [-0.1, -0.05) is 19.8 Å². The van der Waals surface area contributed by atoms with Gasteiger partial charge in [-0.15, -0.1) is 0 Å². The number of hydrogen-bond donors (Lipinski definition) is 1. The summed E-state index contributed by atoms with van der Waals surface area (Å²) in [6.45, 7) is 2.43. The summed E-state index contributed by atoms with van der Waals surface area (Å²) in [5.41, 5.74) is 0.485. The summed E-state index contributed by atoms with van der Waals surface area (Å²) in [5.74, 6) is 0.108. The zero-order valence-corrected chi connectivity index (χ0v) is 13.8. The Hall–Kier alpha value is -2.50. The molecule has 1 amide bonds. The largest absolute Gasteiger partial charge is 0.497 e. The number of amides is 1. The molecule has 1 rings (SSSR count). The molecule has 6 heteroatoms. The van der Waals surface area contributed by atoms with Gasteiger partial charge in [0.1, 0.15) is 11.5 Å². The lowest BCUT2D eigenvalue weighted by Gasteiger charge is -2.10. The van der Waals surface area contributed by atoms with Crippen molar-refractivity contribution in [3.05, 3.63) is 30.4 Å². The van der Waals surface area contributed by atoms with Gasteiger partial charge >= 0.3 is 5.97 Å². The van der Waals surface area contributed by atoms with Gasteiger partial charge in [0.2, 0.25) is 5.91 Å². The Labute approximate surface area is 136 Å². The van der Waals surface area contributed by atoms with E-state index in [0.29, 0.717) is 23.8 Å². The van der Waals surface area contributed by atoms with E-state index in [0.717, 1.165) is 31.4 Å². The van der Waals surface area contributed by atoms with Gasteiger partial charge in [0.05, 0.1) is 26.5 Å². The number of ether oxygens (including phenoxy) is 3. The number of esters is 1. The molecule has 0 heterocycles. The summed E-state index contributed by atoms with van der Waals surface area (Å²) in [6.07, 6.45) is 5.13. The van der Waals surface area contributed by atoms with Crippen LogP contribution in [0, 0.1) is 0 Å². The second-order valence-corrected chi connectivity index (χ2v) is 4.76. The molecule has 0 aliphatic heterocycles. The molecule has 6 nitrogen and oxygen atoms in total. The Kier molecular flexibility index (Phi) is 8.28. The zero-order chi connectivity index (χ0) is 17.1. The summed E-state index contributed by atoms with van der Waals surface area (Å²) < 4.78 is 15.2. The van der Waals surface area contributed by atoms with Crippen molar-refractivity contribution in [3.8, 4) is 11.5 Å². The Balaban J connectivity index is 2.53. The van der Waals surface area contributed by atoms with Crippen molar-refractivity contribution < 1.29 is 23.8 Å². The van der Waals surface area contributed by atoms with Crippen molar-refractivity contribution in [1.82, 2.24) is 0 Å². The normalized spacial score (nSPS) is 10.4. The molecule has 0 saturated heterocycles. The first-order valence-corrected chi connectivity index (χ1v) is 7.48. The van der Waals surface area contributed by atoms with Crippen LogP contribution in [0.1, 0.15) is 26.2 Å². The molecule has 0 saturated carbocycles. The van der Waals surface area contributed by atoms with Crippen LogP contribution in [0.15, 0.2) is 30.4 Å². The van der Waals surface area contributed by atoms with Crippen molar-refractivity contribution in [1.29, 1.82) is 0 Å². The van der Waals surface area contributed by atoms with E-state index in [-0.39, 0.29) is 0 Å². The third-order valence-corrected chi connectivity index (χ3v) is 3.03. The number of carbonyl (C=O) groups excluding carboxylic acids is 2. The highest BCUT2D eigenvalue weighted by molar-refractivity contribution is 6.03. The number of anilines is 1. The maximum atomic E-state index is 11.8. The molecular weight excluding hydrogens is 298 g/mol. The molecular formula is C17H23NO5. The molecule has 0 radical (unpaired) electrons. The fourth-order valence-corrected chi connectivity index (χ4v) is 1.79. The first kappa shape index (κ1) is 18.5. The smallest absolute Gasteiger partial charge is 0.330 e. The molecule has 23 heavy (non-hydrogen) atoms. The van der Waals surface area contributed by atoms with Crippen LogP contribution in [0.3, 0.4) is 0 Å². The highest BCUT2D eigenvalue weighted by Gasteiger charge is 2.07. The molecule has 1 aromatic carbocycles. The van der Waals surface area contributed by atoms with Crippen molar-refractivity contribution in [3.63, 3.8) is 0 Å². The third-order valence-electron chi connectivity index (χ3n) is 3.03. The Morgan fingerprint density at radius 1 is 1.13 bits per heavy atom. The number of methoxy groups -OCH3 is 2. The minimum atomic E-state index is -0.530. The third kappa shape index (κ3) is 6.86. The molecule has 0 bridgehead atoms. The van der Waals surface area contributed by atoms with Crippen LogP contribution < -0.4 is 14.8 Å². The van der Waals surface area contributed by atoms with E-state index in [9.17, 15) is 9.59 Å². The molecule has 0 fully saturated rings. The van der Waals surface area contributed by atoms with Gasteiger partial charge in [0.25, 0.3) is 0 Å². The van der Waals surface area contributed by atoms with Crippen molar-refractivity contribution in [2.45, 2.75) is 26.2 Å². The van der Waals surface area contributed by atoms with E-state index in [1.807, 2.05) is 0 Å². The van der Waals surface area contributed by atoms with Gasteiger partial charge in [0.15, 0.2) is 0 Å². The van der Waals surface area contributed by atoms with Gasteiger partial charge in [-0.3, -0.25) is 4.79 Å². The van der Waals surface area contributed by atoms with Crippen LogP contribution >= 0.6 is 0 Å². The van der Waals surface area contributed by atoms with Crippen LogP contribution in [-0.2, 0) is 14.3 Å². The highest BCUT2D eigenvalue weighted by atomic mass is 16.5. The minimum Gasteiger partial charge on any atom is -0.497 e. The molecule has 126 valence electrons. The molecule has 0 atom stereocenters. The van der Waals surface area contributed by atoms with E-state index in [1.54, 1.807) is 25.3 Å². The summed E-state index contributed by atoms with van der Waals surface area (Å²) >= 11 is 0. The van der Waals surface area contributed by atoms with Crippen molar-refractivity contribution in [2.75, 3.05) is 26.1 Å². The second kappa shape index (κ2) is 10.3. The summed E-state index contributed by atoms with van der Waals surface area (Å²) in [6, 6.07) is 5.01. The van der Waals surface area contributed by atoms with E-state index in [2.05, 4.69) is 12.2 Å². The Morgan fingerprint density at radius 2 is 1.91 bits per heavy atom. The number of hydrogen-bond acceptors (Lipinski definition) is 5. The lowest BCUT2D eigenvalue weighted by Crippen LogP contribution is -2.10. The number of rotatable bonds is 9. The average molecular weight is 321 g/mol. The number of nitrogens with one attached hydrogen (secondary N) is 1. The van der Waals surface area contributed by atoms with E-state index >= 15 is 0 Å². The lowest BCUT2D eigenvalue weighted by molar-refractivity contribution is -0.138. The minimum absolute atomic E-state index is 0.366. The summed E-state index contributed by atoms with van der Waals surface area (Å²) in [7, 11) is 3.04. The van der Waals surface area contributed by atoms with Crippen LogP contribution in [-0.4, -0.2) is 32.7 Å². The predicted molar refractivity (Wildman–Crippen MR) is 87.8 cm³/mol. The summed E-state index contributed by atoms with van der Waals surface area (Å²) in [4.78, 5) is 23.3. The standard InChI is InChI=1S/C17H23NO5/c1-4-5-6-11-23-17(20)10-9-16(19)18-14-8-7-13(21-2)12-15(14)22-3/h7-10,12H,4-6,11H2,1-3H3,(H,18,19)/b10-9+. The van der Waals surface area contributed by atoms with Crippen LogP contribution in [0.4, 0.5) is 5.69 Å². The average Bonchev–Trinajstić information content (AvgIpc) is 2.57. The van der Waals surface area contributed by atoms with E-state index in [4.69, 9.17) is 14.2 Å². The van der Waals surface area contributed by atoms with Gasteiger partial charge in [-0.05, 0) is 18.6 Å².